The lowest BCUT2D eigenvalue weighted by molar-refractivity contribution is 0.216. The average Bonchev–Trinajstić information content (AvgIpc) is 3.44. The number of methoxy groups -OCH3 is 2. The Morgan fingerprint density at radius 2 is 1.67 bits per heavy atom. The number of hydrogen-bond donors (Lipinski definition) is 0. The molecule has 0 saturated carbocycles. The normalized spacial score (nSPS) is 18.4. The fraction of sp³-hybridized carbons (Fsp3) is 0.538. The first kappa shape index (κ1) is 21.2. The van der Waals surface area contributed by atoms with Crippen LogP contribution in [0, 0.1) is 0 Å². The highest BCUT2D eigenvalue weighted by atomic mass is 32.1. The monoisotopic (exact) mass is 464 g/mol. The van der Waals surface area contributed by atoms with Crippen LogP contribution in [-0.4, -0.2) is 48.7 Å². The molecule has 0 atom stereocenters. The molecule has 0 N–H and O–H groups in total. The van der Waals surface area contributed by atoms with Crippen LogP contribution < -0.4 is 14.4 Å². The zero-order valence-corrected chi connectivity index (χ0v) is 20.5. The van der Waals surface area contributed by atoms with E-state index < -0.39 is 0 Å². The lowest BCUT2D eigenvalue weighted by Crippen LogP contribution is -2.33. The fourth-order valence-corrected chi connectivity index (χ4v) is 6.98. The van der Waals surface area contributed by atoms with Crippen molar-refractivity contribution in [2.75, 3.05) is 38.8 Å². The third-order valence-corrected chi connectivity index (χ3v) is 8.61. The molecule has 2 aromatic heterocycles. The predicted octanol–water partition coefficient (Wildman–Crippen LogP) is 4.75. The minimum absolute atomic E-state index is 0.799. The Kier molecular flexibility index (Phi) is 5.62. The molecule has 6 nitrogen and oxygen atoms in total. The van der Waals surface area contributed by atoms with Crippen molar-refractivity contribution in [2.24, 2.45) is 0 Å². The number of anilines is 1. The maximum Gasteiger partial charge on any atom is 0.161 e. The van der Waals surface area contributed by atoms with Gasteiger partial charge >= 0.3 is 0 Å². The number of rotatable bonds is 5. The molecule has 3 aliphatic rings. The molecule has 0 spiro atoms. The van der Waals surface area contributed by atoms with E-state index in [0.29, 0.717) is 0 Å². The molecule has 1 aromatic carbocycles. The molecule has 1 fully saturated rings. The van der Waals surface area contributed by atoms with E-state index in [1.54, 1.807) is 14.2 Å². The van der Waals surface area contributed by atoms with Crippen molar-refractivity contribution in [3.05, 3.63) is 39.5 Å². The van der Waals surface area contributed by atoms with Crippen molar-refractivity contribution in [3.63, 3.8) is 0 Å². The Balaban J connectivity index is 1.39. The number of hydrogen-bond acceptors (Lipinski definition) is 7. The van der Waals surface area contributed by atoms with E-state index in [1.807, 2.05) is 11.3 Å². The van der Waals surface area contributed by atoms with Crippen molar-refractivity contribution < 1.29 is 9.47 Å². The fourth-order valence-electron chi connectivity index (χ4n) is 5.70. The number of likely N-dealkylation sites (tertiary alicyclic amines) is 1. The Bertz CT molecular complexity index is 1180. The minimum Gasteiger partial charge on any atom is -0.493 e. The van der Waals surface area contributed by atoms with Crippen LogP contribution in [0.2, 0.25) is 0 Å². The number of piperidine rings is 1. The van der Waals surface area contributed by atoms with Gasteiger partial charge < -0.3 is 14.4 Å². The number of ether oxygens (including phenoxy) is 2. The third kappa shape index (κ3) is 3.85. The largest absolute Gasteiger partial charge is 0.493 e. The summed E-state index contributed by atoms with van der Waals surface area (Å²) in [6.07, 6.45) is 8.51. The van der Waals surface area contributed by atoms with Crippen molar-refractivity contribution in [3.8, 4) is 11.5 Å². The second kappa shape index (κ2) is 8.76. The summed E-state index contributed by atoms with van der Waals surface area (Å²) in [5.41, 5.74) is 4.15. The smallest absolute Gasteiger partial charge is 0.161 e. The highest BCUT2D eigenvalue weighted by Crippen LogP contribution is 2.42. The molecular formula is C26H32N4O2S. The zero-order chi connectivity index (χ0) is 22.4. The van der Waals surface area contributed by atoms with Gasteiger partial charge in [-0.3, -0.25) is 4.90 Å². The highest BCUT2D eigenvalue weighted by molar-refractivity contribution is 7.19. The van der Waals surface area contributed by atoms with Gasteiger partial charge in [0.1, 0.15) is 16.5 Å². The first-order valence-electron chi connectivity index (χ1n) is 12.3. The molecule has 3 aromatic rings. The lowest BCUT2D eigenvalue weighted by atomic mass is 9.98. The van der Waals surface area contributed by atoms with Crippen LogP contribution in [0.1, 0.15) is 53.1 Å². The van der Waals surface area contributed by atoms with Crippen LogP contribution in [0.25, 0.3) is 10.2 Å². The van der Waals surface area contributed by atoms with Gasteiger partial charge in [-0.2, -0.15) is 0 Å². The van der Waals surface area contributed by atoms with Gasteiger partial charge in [-0.15, -0.1) is 11.3 Å². The van der Waals surface area contributed by atoms with Crippen molar-refractivity contribution in [1.82, 2.24) is 14.9 Å². The van der Waals surface area contributed by atoms with E-state index in [9.17, 15) is 0 Å². The van der Waals surface area contributed by atoms with Crippen molar-refractivity contribution in [2.45, 2.75) is 58.0 Å². The SMILES string of the molecule is COc1cc2c(cc1OC)CN(c1nc(CN3CCCCC3)nc3sc4c(c13)CCC4)CC2. The van der Waals surface area contributed by atoms with E-state index >= 15 is 0 Å². The Morgan fingerprint density at radius 1 is 0.879 bits per heavy atom. The summed E-state index contributed by atoms with van der Waals surface area (Å²) in [6.45, 7) is 4.99. The van der Waals surface area contributed by atoms with Crippen LogP contribution in [0.15, 0.2) is 12.1 Å². The number of benzene rings is 1. The Morgan fingerprint density at radius 3 is 2.45 bits per heavy atom. The quantitative estimate of drug-likeness (QED) is 0.543. The van der Waals surface area contributed by atoms with E-state index in [-0.39, 0.29) is 0 Å². The molecule has 0 bridgehead atoms. The molecule has 0 unspecified atom stereocenters. The lowest BCUT2D eigenvalue weighted by Gasteiger charge is -2.32. The summed E-state index contributed by atoms with van der Waals surface area (Å²) in [6, 6.07) is 4.29. The molecule has 4 heterocycles. The first-order valence-corrected chi connectivity index (χ1v) is 13.1. The maximum absolute atomic E-state index is 5.59. The molecule has 33 heavy (non-hydrogen) atoms. The second-order valence-electron chi connectivity index (χ2n) is 9.49. The van der Waals surface area contributed by atoms with Gasteiger partial charge in [0.15, 0.2) is 11.5 Å². The number of nitrogens with zero attached hydrogens (tertiary/aromatic N) is 4. The van der Waals surface area contributed by atoms with Crippen molar-refractivity contribution in [1.29, 1.82) is 0 Å². The third-order valence-electron chi connectivity index (χ3n) is 7.42. The van der Waals surface area contributed by atoms with Crippen molar-refractivity contribution >= 4 is 27.4 Å². The molecule has 7 heteroatoms. The number of fused-ring (bicyclic) bond motifs is 4. The van der Waals surface area contributed by atoms with Crippen LogP contribution >= 0.6 is 11.3 Å². The van der Waals surface area contributed by atoms with E-state index in [2.05, 4.69) is 21.9 Å². The van der Waals surface area contributed by atoms with Gasteiger partial charge in [0.05, 0.1) is 26.2 Å². The minimum atomic E-state index is 0.799. The summed E-state index contributed by atoms with van der Waals surface area (Å²) in [7, 11) is 3.42. The Hall–Kier alpha value is -2.38. The highest BCUT2D eigenvalue weighted by Gasteiger charge is 2.28. The summed E-state index contributed by atoms with van der Waals surface area (Å²) in [4.78, 5) is 18.0. The molecule has 1 aliphatic carbocycles. The van der Waals surface area contributed by atoms with Crippen LogP contribution in [0.5, 0.6) is 11.5 Å². The van der Waals surface area contributed by atoms with Gasteiger partial charge in [-0.25, -0.2) is 9.97 Å². The van der Waals surface area contributed by atoms with Gasteiger partial charge in [-0.05, 0) is 80.4 Å². The standard InChI is InChI=1S/C26H32N4O2S/c1-31-20-13-17-9-12-30(15-18(17)14-21(20)32-2)25-24-19-7-6-8-22(19)33-26(24)28-23(27-25)16-29-10-4-3-5-11-29/h13-14H,3-12,15-16H2,1-2H3. The predicted molar refractivity (Wildman–Crippen MR) is 133 cm³/mol. The van der Waals surface area contributed by atoms with Crippen LogP contribution in [0.3, 0.4) is 0 Å². The molecule has 2 aliphatic heterocycles. The molecule has 1 saturated heterocycles. The second-order valence-corrected chi connectivity index (χ2v) is 10.6. The zero-order valence-electron chi connectivity index (χ0n) is 19.7. The van der Waals surface area contributed by atoms with Gasteiger partial charge in [0, 0.05) is 18.0 Å². The van der Waals surface area contributed by atoms with Gasteiger partial charge in [-0.1, -0.05) is 6.42 Å². The number of aryl methyl sites for hydroxylation is 2. The summed E-state index contributed by atoms with van der Waals surface area (Å²) in [5.74, 6) is 3.74. The summed E-state index contributed by atoms with van der Waals surface area (Å²) < 4.78 is 11.1. The number of aromatic nitrogens is 2. The first-order chi connectivity index (χ1) is 16.2. The molecule has 174 valence electrons. The number of thiophene rings is 1. The maximum atomic E-state index is 5.59. The summed E-state index contributed by atoms with van der Waals surface area (Å²) >= 11 is 1.90. The Labute approximate surface area is 199 Å². The van der Waals surface area contributed by atoms with E-state index in [0.717, 1.165) is 68.7 Å². The summed E-state index contributed by atoms with van der Waals surface area (Å²) in [5, 5.41) is 1.32. The van der Waals surface area contributed by atoms with Gasteiger partial charge in [0.2, 0.25) is 0 Å². The van der Waals surface area contributed by atoms with Crippen LogP contribution in [0.4, 0.5) is 5.82 Å². The average molecular weight is 465 g/mol. The molecular weight excluding hydrogens is 432 g/mol. The molecule has 6 rings (SSSR count). The van der Waals surface area contributed by atoms with E-state index in [1.165, 1.54) is 63.9 Å². The molecule has 0 radical (unpaired) electrons. The molecule has 0 amide bonds. The van der Waals surface area contributed by atoms with Crippen LogP contribution in [-0.2, 0) is 32.4 Å². The topological polar surface area (TPSA) is 50.7 Å². The van der Waals surface area contributed by atoms with E-state index in [4.69, 9.17) is 19.4 Å². The van der Waals surface area contributed by atoms with Gasteiger partial charge in [0.25, 0.3) is 0 Å².